The Bertz CT molecular complexity index is 574. The molecule has 0 aliphatic carbocycles. The summed E-state index contributed by atoms with van der Waals surface area (Å²) in [4.78, 5) is 20.0. The number of hydrogen-bond acceptors (Lipinski definition) is 8. The van der Waals surface area contributed by atoms with Gasteiger partial charge in [0, 0.05) is 32.2 Å². The Balaban J connectivity index is 2.04. The zero-order valence-electron chi connectivity index (χ0n) is 15.0. The fraction of sp³-hybridized carbons (Fsp3) is 0.800. The number of ether oxygens (including phenoxy) is 2. The first-order valence-corrected chi connectivity index (χ1v) is 8.65. The summed E-state index contributed by atoms with van der Waals surface area (Å²) in [6, 6.07) is -0.254. The Labute approximate surface area is 146 Å². The van der Waals surface area contributed by atoms with E-state index in [-0.39, 0.29) is 18.7 Å². The molecule has 0 unspecified atom stereocenters. The lowest BCUT2D eigenvalue weighted by molar-refractivity contribution is 0.0270. The van der Waals surface area contributed by atoms with Crippen LogP contribution in [0.5, 0.6) is 0 Å². The predicted molar refractivity (Wildman–Crippen MR) is 91.3 cm³/mol. The summed E-state index contributed by atoms with van der Waals surface area (Å²) >= 11 is 1.25. The Morgan fingerprint density at radius 2 is 2.12 bits per heavy atom. The third-order valence-electron chi connectivity index (χ3n) is 3.86. The molecular weight excluding hydrogens is 332 g/mol. The largest absolute Gasteiger partial charge is 0.444 e. The predicted octanol–water partition coefficient (Wildman–Crippen LogP) is 1.66. The first-order valence-electron chi connectivity index (χ1n) is 7.87. The monoisotopic (exact) mass is 358 g/mol. The van der Waals surface area contributed by atoms with Crippen LogP contribution in [0.25, 0.3) is 0 Å². The Kier molecular flexibility index (Phi) is 5.67. The fourth-order valence-electron chi connectivity index (χ4n) is 2.41. The van der Waals surface area contributed by atoms with Crippen LogP contribution in [-0.4, -0.2) is 70.5 Å². The molecule has 1 aromatic heterocycles. The Morgan fingerprint density at radius 3 is 2.71 bits per heavy atom. The number of hydrogen-bond donors (Lipinski definition) is 1. The lowest BCUT2D eigenvalue weighted by Gasteiger charge is -2.26. The normalized spacial score (nSPS) is 22.5. The van der Waals surface area contributed by atoms with Gasteiger partial charge in [0.05, 0.1) is 18.7 Å². The molecule has 1 saturated heterocycles. The van der Waals surface area contributed by atoms with Gasteiger partial charge in [0.2, 0.25) is 5.13 Å². The molecule has 8 nitrogen and oxygen atoms in total. The molecule has 0 saturated carbocycles. The summed E-state index contributed by atoms with van der Waals surface area (Å²) in [7, 11) is 3.45. The van der Waals surface area contributed by atoms with E-state index in [9.17, 15) is 9.90 Å². The minimum Gasteiger partial charge on any atom is -0.444 e. The van der Waals surface area contributed by atoms with Gasteiger partial charge in [-0.2, -0.15) is 4.37 Å². The van der Waals surface area contributed by atoms with Gasteiger partial charge in [0.15, 0.2) is 5.82 Å². The highest BCUT2D eigenvalue weighted by atomic mass is 32.1. The summed E-state index contributed by atoms with van der Waals surface area (Å²) in [5.41, 5.74) is -0.559. The number of likely N-dealkylation sites (tertiary alicyclic amines) is 1. The quantitative estimate of drug-likeness (QED) is 0.876. The maximum absolute atomic E-state index is 12.2. The van der Waals surface area contributed by atoms with Crippen molar-refractivity contribution in [3.8, 4) is 0 Å². The van der Waals surface area contributed by atoms with Gasteiger partial charge < -0.3 is 24.4 Å². The first kappa shape index (κ1) is 18.9. The van der Waals surface area contributed by atoms with Gasteiger partial charge in [-0.1, -0.05) is 0 Å². The molecule has 0 radical (unpaired) electrons. The van der Waals surface area contributed by atoms with Crippen molar-refractivity contribution in [2.75, 3.05) is 32.1 Å². The van der Waals surface area contributed by atoms with Crippen molar-refractivity contribution in [3.63, 3.8) is 0 Å². The fourth-order valence-corrected chi connectivity index (χ4v) is 3.17. The lowest BCUT2D eigenvalue weighted by Crippen LogP contribution is -2.41. The second-order valence-corrected chi connectivity index (χ2v) is 7.67. The van der Waals surface area contributed by atoms with Gasteiger partial charge in [0.1, 0.15) is 11.7 Å². The van der Waals surface area contributed by atoms with E-state index in [4.69, 9.17) is 9.47 Å². The summed E-state index contributed by atoms with van der Waals surface area (Å²) in [5.74, 6) is 0.612. The molecule has 2 heterocycles. The molecule has 1 N–H and O–H groups in total. The van der Waals surface area contributed by atoms with Gasteiger partial charge in [-0.15, -0.1) is 0 Å². The molecule has 3 atom stereocenters. The van der Waals surface area contributed by atoms with Crippen molar-refractivity contribution < 1.29 is 19.4 Å². The molecule has 0 aromatic carbocycles. The number of amides is 1. The Hall–Kier alpha value is -1.45. The van der Waals surface area contributed by atoms with Crippen LogP contribution in [-0.2, 0) is 9.47 Å². The van der Waals surface area contributed by atoms with Crippen LogP contribution in [0, 0.1) is 0 Å². The molecule has 0 bridgehead atoms. The lowest BCUT2D eigenvalue weighted by atomic mass is 10.2. The van der Waals surface area contributed by atoms with E-state index in [2.05, 4.69) is 9.36 Å². The van der Waals surface area contributed by atoms with Crippen LogP contribution >= 0.6 is 11.5 Å². The molecule has 24 heavy (non-hydrogen) atoms. The van der Waals surface area contributed by atoms with Crippen LogP contribution in [0.1, 0.15) is 39.6 Å². The minimum atomic E-state index is -0.672. The van der Waals surface area contributed by atoms with Crippen LogP contribution in [0.15, 0.2) is 0 Å². The second kappa shape index (κ2) is 7.20. The molecule has 9 heteroatoms. The number of β-amino-alcohol motifs (C(OH)–C–C–N with tert-alkyl or cyclic N) is 1. The number of nitrogens with zero attached hydrogens (tertiary/aromatic N) is 4. The number of rotatable bonds is 4. The first-order chi connectivity index (χ1) is 11.1. The van der Waals surface area contributed by atoms with Crippen LogP contribution in [0.2, 0.25) is 0 Å². The maximum Gasteiger partial charge on any atom is 0.410 e. The number of likely N-dealkylation sites (N-methyl/N-ethyl adjacent to an activating group) is 1. The average Bonchev–Trinajstić information content (AvgIpc) is 3.11. The third kappa shape index (κ3) is 4.34. The maximum atomic E-state index is 12.2. The average molecular weight is 358 g/mol. The highest BCUT2D eigenvalue weighted by Crippen LogP contribution is 2.26. The number of aliphatic hydroxyl groups excluding tert-OH is 1. The van der Waals surface area contributed by atoms with Crippen molar-refractivity contribution in [1.29, 1.82) is 0 Å². The molecule has 136 valence electrons. The SMILES string of the molecule is CO[C@@H](C)c1nsc(N(C)[C@H]2CN(C(=O)OC(C)(C)C)C[C@@H]2O)n1. The van der Waals surface area contributed by atoms with Crippen LogP contribution < -0.4 is 4.90 Å². The van der Waals surface area contributed by atoms with E-state index in [1.807, 2.05) is 39.6 Å². The number of carbonyl (C=O) groups excluding carboxylic acids is 1. The molecule has 0 spiro atoms. The summed E-state index contributed by atoms with van der Waals surface area (Å²) in [6.07, 6.45) is -1.27. The number of aliphatic hydroxyl groups is 1. The standard InChI is InChI=1S/C15H26N4O4S/c1-9(22-6)12-16-13(24-17-12)18(5)10-7-19(8-11(10)20)14(21)23-15(2,3)4/h9-11,20H,7-8H2,1-6H3/t9-,10-,11-/m0/s1. The van der Waals surface area contributed by atoms with Crippen molar-refractivity contribution in [2.45, 2.75) is 51.5 Å². The van der Waals surface area contributed by atoms with Crippen LogP contribution in [0.4, 0.5) is 9.93 Å². The van der Waals surface area contributed by atoms with Gasteiger partial charge in [-0.05, 0) is 27.7 Å². The molecule has 1 aliphatic heterocycles. The number of methoxy groups -OCH3 is 1. The highest BCUT2D eigenvalue weighted by molar-refractivity contribution is 7.09. The van der Waals surface area contributed by atoms with E-state index in [0.29, 0.717) is 17.5 Å². The Morgan fingerprint density at radius 1 is 1.46 bits per heavy atom. The number of anilines is 1. The van der Waals surface area contributed by atoms with Crippen molar-refractivity contribution in [1.82, 2.24) is 14.3 Å². The van der Waals surface area contributed by atoms with E-state index >= 15 is 0 Å². The molecule has 1 amide bonds. The highest BCUT2D eigenvalue weighted by Gasteiger charge is 2.39. The molecular formula is C15H26N4O4S. The zero-order valence-corrected chi connectivity index (χ0v) is 15.8. The molecule has 1 aliphatic rings. The number of carbonyl (C=O) groups is 1. The summed E-state index contributed by atoms with van der Waals surface area (Å²) in [5, 5.41) is 11.0. The zero-order chi connectivity index (χ0) is 18.1. The second-order valence-electron chi connectivity index (χ2n) is 6.94. The third-order valence-corrected chi connectivity index (χ3v) is 4.68. The molecule has 2 rings (SSSR count). The van der Waals surface area contributed by atoms with Gasteiger partial charge in [-0.3, -0.25) is 0 Å². The number of aromatic nitrogens is 2. The molecule has 1 aromatic rings. The van der Waals surface area contributed by atoms with Gasteiger partial charge in [-0.25, -0.2) is 9.78 Å². The van der Waals surface area contributed by atoms with E-state index in [1.54, 1.807) is 7.11 Å². The van der Waals surface area contributed by atoms with Crippen molar-refractivity contribution >= 4 is 22.8 Å². The van der Waals surface area contributed by atoms with Gasteiger partial charge >= 0.3 is 6.09 Å². The van der Waals surface area contributed by atoms with Crippen molar-refractivity contribution in [2.24, 2.45) is 0 Å². The van der Waals surface area contributed by atoms with E-state index in [0.717, 1.165) is 0 Å². The van der Waals surface area contributed by atoms with E-state index in [1.165, 1.54) is 16.4 Å². The molecule has 1 fully saturated rings. The van der Waals surface area contributed by atoms with Crippen LogP contribution in [0.3, 0.4) is 0 Å². The topological polar surface area (TPSA) is 88.0 Å². The van der Waals surface area contributed by atoms with Gasteiger partial charge in [0.25, 0.3) is 0 Å². The minimum absolute atomic E-state index is 0.185. The van der Waals surface area contributed by atoms with Crippen molar-refractivity contribution in [3.05, 3.63) is 5.82 Å². The summed E-state index contributed by atoms with van der Waals surface area (Å²) in [6.45, 7) is 7.95. The smallest absolute Gasteiger partial charge is 0.410 e. The van der Waals surface area contributed by atoms with E-state index < -0.39 is 17.8 Å². The summed E-state index contributed by atoms with van der Waals surface area (Å²) < 4.78 is 14.9.